The maximum absolute atomic E-state index is 11.6. The average molecular weight is 353 g/mol. The molecular weight excluding hydrogens is 334 g/mol. The summed E-state index contributed by atoms with van der Waals surface area (Å²) in [6.45, 7) is 1.92. The molecule has 3 aromatic rings. The first-order valence-corrected chi connectivity index (χ1v) is 9.21. The Bertz CT molecular complexity index is 947. The van der Waals surface area contributed by atoms with Crippen LogP contribution < -0.4 is 5.32 Å². The molecule has 0 aliphatic heterocycles. The molecule has 0 saturated carbocycles. The molecule has 4 rings (SSSR count). The van der Waals surface area contributed by atoms with Crippen LogP contribution in [0.4, 0.5) is 11.5 Å². The van der Waals surface area contributed by atoms with E-state index in [1.807, 2.05) is 19.1 Å². The van der Waals surface area contributed by atoms with Crippen molar-refractivity contribution in [3.63, 3.8) is 0 Å². The number of thiophene rings is 1. The predicted molar refractivity (Wildman–Crippen MR) is 99.9 cm³/mol. The monoisotopic (exact) mass is 353 g/mol. The number of ether oxygens (including phenoxy) is 1. The summed E-state index contributed by atoms with van der Waals surface area (Å²) in [6.07, 6.45) is 4.71. The number of hydrogen-bond acceptors (Lipinski definition) is 6. The summed E-state index contributed by atoms with van der Waals surface area (Å²) in [7, 11) is 1.38. The molecule has 1 N–H and O–H groups in total. The summed E-state index contributed by atoms with van der Waals surface area (Å²) in [5.41, 5.74) is 2.83. The van der Waals surface area contributed by atoms with Crippen LogP contribution in [-0.4, -0.2) is 23.0 Å². The molecule has 0 fully saturated rings. The number of nitrogens with one attached hydrogen (secondary N) is 1. The molecule has 0 unspecified atom stereocenters. The molecule has 1 aromatic carbocycles. The number of carbonyl (C=O) groups excluding carboxylic acids is 1. The van der Waals surface area contributed by atoms with E-state index in [4.69, 9.17) is 4.74 Å². The number of rotatable bonds is 3. The number of hydrogen-bond donors (Lipinski definition) is 1. The highest BCUT2D eigenvalue weighted by Crippen LogP contribution is 2.39. The summed E-state index contributed by atoms with van der Waals surface area (Å²) in [4.78, 5) is 23.4. The van der Waals surface area contributed by atoms with Crippen molar-refractivity contribution in [2.24, 2.45) is 0 Å². The van der Waals surface area contributed by atoms with Crippen molar-refractivity contribution in [3.8, 4) is 0 Å². The lowest BCUT2D eigenvalue weighted by Gasteiger charge is -2.13. The van der Waals surface area contributed by atoms with Crippen LogP contribution in [0.1, 0.15) is 39.5 Å². The van der Waals surface area contributed by atoms with Crippen LogP contribution in [-0.2, 0) is 17.6 Å². The van der Waals surface area contributed by atoms with Crippen molar-refractivity contribution in [1.29, 1.82) is 0 Å². The number of esters is 1. The van der Waals surface area contributed by atoms with Gasteiger partial charge in [-0.1, -0.05) is 0 Å². The van der Waals surface area contributed by atoms with E-state index in [9.17, 15) is 4.79 Å². The number of aromatic nitrogens is 2. The fourth-order valence-corrected chi connectivity index (χ4v) is 4.61. The molecule has 2 heterocycles. The molecular formula is C19H19N3O2S. The summed E-state index contributed by atoms with van der Waals surface area (Å²) in [5, 5.41) is 4.57. The lowest BCUT2D eigenvalue weighted by molar-refractivity contribution is 0.0601. The van der Waals surface area contributed by atoms with Gasteiger partial charge in [-0.15, -0.1) is 11.3 Å². The molecule has 0 spiro atoms. The van der Waals surface area contributed by atoms with Crippen LogP contribution in [0.2, 0.25) is 0 Å². The third-order valence-electron chi connectivity index (χ3n) is 4.50. The van der Waals surface area contributed by atoms with Crippen molar-refractivity contribution in [3.05, 3.63) is 46.1 Å². The SMILES string of the molecule is COC(=O)c1ccc(Nc2nc(C)nc3sc4c(c23)CCCC4)cc1. The Kier molecular flexibility index (Phi) is 4.13. The van der Waals surface area contributed by atoms with Gasteiger partial charge in [0, 0.05) is 10.6 Å². The second-order valence-corrected chi connectivity index (χ2v) is 7.29. The number of methoxy groups -OCH3 is 1. The lowest BCUT2D eigenvalue weighted by atomic mass is 9.97. The van der Waals surface area contributed by atoms with Crippen LogP contribution in [0.5, 0.6) is 0 Å². The Labute approximate surface area is 150 Å². The van der Waals surface area contributed by atoms with E-state index in [0.717, 1.165) is 40.4 Å². The van der Waals surface area contributed by atoms with E-state index in [0.29, 0.717) is 5.56 Å². The number of aryl methyl sites for hydroxylation is 3. The Balaban J connectivity index is 1.73. The zero-order chi connectivity index (χ0) is 17.4. The van der Waals surface area contributed by atoms with E-state index < -0.39 is 0 Å². The van der Waals surface area contributed by atoms with Gasteiger partial charge in [0.1, 0.15) is 16.5 Å². The number of fused-ring (bicyclic) bond motifs is 3. The van der Waals surface area contributed by atoms with Gasteiger partial charge in [-0.3, -0.25) is 0 Å². The first kappa shape index (κ1) is 16.0. The van der Waals surface area contributed by atoms with Crippen LogP contribution in [0.3, 0.4) is 0 Å². The number of carbonyl (C=O) groups is 1. The van der Waals surface area contributed by atoms with Crippen molar-refractivity contribution in [2.45, 2.75) is 32.6 Å². The summed E-state index contributed by atoms with van der Waals surface area (Å²) >= 11 is 1.80. The maximum Gasteiger partial charge on any atom is 0.337 e. The molecule has 1 aliphatic rings. The van der Waals surface area contributed by atoms with Gasteiger partial charge in [-0.25, -0.2) is 14.8 Å². The van der Waals surface area contributed by atoms with Gasteiger partial charge in [0.05, 0.1) is 18.1 Å². The molecule has 2 aromatic heterocycles. The second-order valence-electron chi connectivity index (χ2n) is 6.20. The van der Waals surface area contributed by atoms with Crippen LogP contribution in [0, 0.1) is 6.92 Å². The highest BCUT2D eigenvalue weighted by Gasteiger charge is 2.20. The molecule has 5 nitrogen and oxygen atoms in total. The highest BCUT2D eigenvalue weighted by atomic mass is 32.1. The minimum Gasteiger partial charge on any atom is -0.465 e. The first-order chi connectivity index (χ1) is 12.2. The zero-order valence-corrected chi connectivity index (χ0v) is 15.1. The van der Waals surface area contributed by atoms with Crippen LogP contribution in [0.15, 0.2) is 24.3 Å². The first-order valence-electron chi connectivity index (χ1n) is 8.40. The molecule has 0 radical (unpaired) electrons. The van der Waals surface area contributed by atoms with Crippen molar-refractivity contribution in [2.75, 3.05) is 12.4 Å². The maximum atomic E-state index is 11.6. The van der Waals surface area contributed by atoms with Gasteiger partial charge in [-0.05, 0) is 62.4 Å². The Morgan fingerprint density at radius 3 is 2.68 bits per heavy atom. The molecule has 0 atom stereocenters. The van der Waals surface area contributed by atoms with E-state index in [2.05, 4.69) is 15.3 Å². The molecule has 0 saturated heterocycles. The molecule has 0 amide bonds. The van der Waals surface area contributed by atoms with E-state index in [1.165, 1.54) is 30.4 Å². The van der Waals surface area contributed by atoms with Crippen molar-refractivity contribution < 1.29 is 9.53 Å². The number of benzene rings is 1. The summed E-state index contributed by atoms with van der Waals surface area (Å²) < 4.78 is 4.74. The standard InChI is InChI=1S/C19H19N3O2S/c1-11-20-17(22-13-9-7-12(8-10-13)19(23)24-2)16-14-5-3-4-6-15(14)25-18(16)21-11/h7-10H,3-6H2,1-2H3,(H,20,21,22). The molecule has 128 valence electrons. The zero-order valence-electron chi connectivity index (χ0n) is 14.3. The Morgan fingerprint density at radius 2 is 1.92 bits per heavy atom. The summed E-state index contributed by atoms with van der Waals surface area (Å²) in [6, 6.07) is 7.24. The fraction of sp³-hybridized carbons (Fsp3) is 0.316. The largest absolute Gasteiger partial charge is 0.465 e. The lowest BCUT2D eigenvalue weighted by Crippen LogP contribution is -2.03. The third kappa shape index (κ3) is 2.98. The number of nitrogens with zero attached hydrogens (tertiary/aromatic N) is 2. The van der Waals surface area contributed by atoms with Gasteiger partial charge in [0.15, 0.2) is 0 Å². The minimum atomic E-state index is -0.335. The van der Waals surface area contributed by atoms with Crippen LogP contribution in [0.25, 0.3) is 10.2 Å². The molecule has 25 heavy (non-hydrogen) atoms. The summed E-state index contributed by atoms with van der Waals surface area (Å²) in [5.74, 6) is 1.28. The molecule has 0 bridgehead atoms. The van der Waals surface area contributed by atoms with Gasteiger partial charge in [0.25, 0.3) is 0 Å². The van der Waals surface area contributed by atoms with E-state index >= 15 is 0 Å². The van der Waals surface area contributed by atoms with Gasteiger partial charge < -0.3 is 10.1 Å². The predicted octanol–water partition coefficient (Wildman–Crippen LogP) is 4.41. The van der Waals surface area contributed by atoms with E-state index in [1.54, 1.807) is 23.5 Å². The van der Waals surface area contributed by atoms with Crippen molar-refractivity contribution >= 4 is 39.0 Å². The minimum absolute atomic E-state index is 0.335. The van der Waals surface area contributed by atoms with Gasteiger partial charge >= 0.3 is 5.97 Å². The normalized spacial score (nSPS) is 13.5. The van der Waals surface area contributed by atoms with E-state index in [-0.39, 0.29) is 5.97 Å². The quantitative estimate of drug-likeness (QED) is 0.707. The fourth-order valence-electron chi connectivity index (χ4n) is 3.30. The molecule has 6 heteroatoms. The topological polar surface area (TPSA) is 64.1 Å². The average Bonchev–Trinajstić information content (AvgIpc) is 2.99. The van der Waals surface area contributed by atoms with Gasteiger partial charge in [-0.2, -0.15) is 0 Å². The third-order valence-corrected chi connectivity index (χ3v) is 5.68. The Morgan fingerprint density at radius 1 is 1.16 bits per heavy atom. The van der Waals surface area contributed by atoms with Crippen molar-refractivity contribution in [1.82, 2.24) is 9.97 Å². The van der Waals surface area contributed by atoms with Gasteiger partial charge in [0.2, 0.25) is 0 Å². The smallest absolute Gasteiger partial charge is 0.337 e. The highest BCUT2D eigenvalue weighted by molar-refractivity contribution is 7.19. The second kappa shape index (κ2) is 6.44. The van der Waals surface area contributed by atoms with Crippen LogP contribution >= 0.6 is 11.3 Å². The number of anilines is 2. The molecule has 1 aliphatic carbocycles. The Hall–Kier alpha value is -2.47.